The van der Waals surface area contributed by atoms with Crippen LogP contribution in [-0.4, -0.2) is 24.8 Å². The van der Waals surface area contributed by atoms with Gasteiger partial charge in [0.15, 0.2) is 0 Å². The summed E-state index contributed by atoms with van der Waals surface area (Å²) >= 11 is 0. The van der Waals surface area contributed by atoms with Gasteiger partial charge >= 0.3 is 5.22 Å². The van der Waals surface area contributed by atoms with E-state index in [1.54, 1.807) is 12.1 Å². The van der Waals surface area contributed by atoms with E-state index in [2.05, 4.69) is 14.7 Å². The summed E-state index contributed by atoms with van der Waals surface area (Å²) in [6.45, 7) is 0. The Morgan fingerprint density at radius 2 is 1.87 bits per heavy atom. The summed E-state index contributed by atoms with van der Waals surface area (Å²) < 4.78 is 26.8. The molecule has 0 N–H and O–H groups in total. The van der Waals surface area contributed by atoms with E-state index < -0.39 is 9.84 Å². The highest BCUT2D eigenvalue weighted by Crippen LogP contribution is 2.16. The molecule has 0 aliphatic heterocycles. The minimum Gasteiger partial charge on any atom is -0.322 e. The summed E-state index contributed by atoms with van der Waals surface area (Å²) in [5, 5.41) is 3.23. The number of sulfone groups is 1. The van der Waals surface area contributed by atoms with Gasteiger partial charge in [0, 0.05) is 11.8 Å². The van der Waals surface area contributed by atoms with Crippen LogP contribution in [0, 0.1) is 0 Å². The molecule has 1 aromatic heterocycles. The lowest BCUT2D eigenvalue weighted by atomic mass is 10.2. The van der Waals surface area contributed by atoms with Gasteiger partial charge < -0.3 is 4.52 Å². The molecular formula is C9H8N2O3S. The summed E-state index contributed by atoms with van der Waals surface area (Å²) in [6, 6.07) is 9.02. The van der Waals surface area contributed by atoms with E-state index in [1.807, 2.05) is 18.2 Å². The quantitative estimate of drug-likeness (QED) is 0.764. The van der Waals surface area contributed by atoms with Crippen molar-refractivity contribution >= 4 is 9.84 Å². The van der Waals surface area contributed by atoms with Crippen LogP contribution in [0.15, 0.2) is 40.1 Å². The normalized spacial score (nSPS) is 11.5. The van der Waals surface area contributed by atoms with Gasteiger partial charge in [0.1, 0.15) is 0 Å². The molecule has 1 heterocycles. The summed E-state index contributed by atoms with van der Waals surface area (Å²) in [5.74, 6) is 0.274. The Morgan fingerprint density at radius 3 is 2.40 bits per heavy atom. The first-order valence-electron chi connectivity index (χ1n) is 4.16. The highest BCUT2D eigenvalue weighted by atomic mass is 32.2. The van der Waals surface area contributed by atoms with Crippen LogP contribution in [0.25, 0.3) is 11.4 Å². The molecule has 0 unspecified atom stereocenters. The van der Waals surface area contributed by atoms with Crippen LogP contribution in [0.1, 0.15) is 0 Å². The van der Waals surface area contributed by atoms with Gasteiger partial charge in [0.25, 0.3) is 0 Å². The van der Waals surface area contributed by atoms with Crippen LogP contribution >= 0.6 is 0 Å². The van der Waals surface area contributed by atoms with Crippen molar-refractivity contribution in [1.82, 2.24) is 10.1 Å². The molecule has 0 atom stereocenters. The van der Waals surface area contributed by atoms with E-state index in [-0.39, 0.29) is 11.0 Å². The second-order valence-electron chi connectivity index (χ2n) is 3.02. The zero-order valence-corrected chi connectivity index (χ0v) is 8.73. The molecule has 0 fully saturated rings. The lowest BCUT2D eigenvalue weighted by Gasteiger charge is -1.90. The first-order chi connectivity index (χ1) is 7.07. The predicted octanol–water partition coefficient (Wildman–Crippen LogP) is 1.14. The van der Waals surface area contributed by atoms with Crippen molar-refractivity contribution in [3.63, 3.8) is 0 Å². The third-order valence-corrected chi connectivity index (χ3v) is 2.56. The monoisotopic (exact) mass is 224 g/mol. The van der Waals surface area contributed by atoms with Gasteiger partial charge in [-0.3, -0.25) is 0 Å². The number of hydrogen-bond acceptors (Lipinski definition) is 5. The Bertz CT molecular complexity index is 560. The number of nitrogens with zero attached hydrogens (tertiary/aromatic N) is 2. The van der Waals surface area contributed by atoms with E-state index in [9.17, 15) is 8.42 Å². The molecule has 0 saturated heterocycles. The summed E-state index contributed by atoms with van der Waals surface area (Å²) in [4.78, 5) is 3.79. The summed E-state index contributed by atoms with van der Waals surface area (Å²) in [6.07, 6.45) is 1.02. The first kappa shape index (κ1) is 9.85. The standard InChI is InChI=1S/C9H8N2O3S/c1-15(12,13)9-10-8(11-14-9)7-5-3-2-4-6-7/h2-6H,1H3. The van der Waals surface area contributed by atoms with Crippen molar-refractivity contribution in [2.45, 2.75) is 5.22 Å². The van der Waals surface area contributed by atoms with E-state index in [1.165, 1.54) is 0 Å². The average Bonchev–Trinajstić information content (AvgIpc) is 2.67. The second-order valence-corrected chi connectivity index (χ2v) is 4.92. The second kappa shape index (κ2) is 3.47. The number of aromatic nitrogens is 2. The molecule has 2 aromatic rings. The maximum atomic E-state index is 11.1. The van der Waals surface area contributed by atoms with Crippen LogP contribution in [0.2, 0.25) is 0 Å². The Morgan fingerprint density at radius 1 is 1.20 bits per heavy atom. The zero-order chi connectivity index (χ0) is 10.9. The third-order valence-electron chi connectivity index (χ3n) is 1.76. The van der Waals surface area contributed by atoms with Crippen LogP contribution in [0.5, 0.6) is 0 Å². The highest BCUT2D eigenvalue weighted by Gasteiger charge is 2.17. The first-order valence-corrected chi connectivity index (χ1v) is 6.06. The molecule has 1 aromatic carbocycles. The molecular weight excluding hydrogens is 216 g/mol. The molecule has 0 spiro atoms. The minimum absolute atomic E-state index is 0.274. The predicted molar refractivity (Wildman–Crippen MR) is 52.8 cm³/mol. The van der Waals surface area contributed by atoms with Crippen LogP contribution in [0.3, 0.4) is 0 Å². The average molecular weight is 224 g/mol. The van der Waals surface area contributed by atoms with Gasteiger partial charge in [-0.1, -0.05) is 35.5 Å². The number of benzene rings is 1. The van der Waals surface area contributed by atoms with Gasteiger partial charge in [-0.15, -0.1) is 0 Å². The fraction of sp³-hybridized carbons (Fsp3) is 0.111. The Hall–Kier alpha value is -1.69. The molecule has 0 bridgehead atoms. The van der Waals surface area contributed by atoms with Crippen molar-refractivity contribution in [3.8, 4) is 11.4 Å². The Balaban J connectivity index is 2.46. The van der Waals surface area contributed by atoms with Crippen LogP contribution in [-0.2, 0) is 9.84 Å². The van der Waals surface area contributed by atoms with E-state index >= 15 is 0 Å². The Labute approximate surface area is 86.7 Å². The van der Waals surface area contributed by atoms with Gasteiger partial charge in [-0.25, -0.2) is 8.42 Å². The largest absolute Gasteiger partial charge is 0.343 e. The van der Waals surface area contributed by atoms with Gasteiger partial charge in [-0.05, 0) is 0 Å². The van der Waals surface area contributed by atoms with E-state index in [4.69, 9.17) is 0 Å². The van der Waals surface area contributed by atoms with Crippen molar-refractivity contribution in [1.29, 1.82) is 0 Å². The maximum absolute atomic E-state index is 11.1. The highest BCUT2D eigenvalue weighted by molar-refractivity contribution is 7.90. The molecule has 2 rings (SSSR count). The molecule has 0 aliphatic rings. The van der Waals surface area contributed by atoms with Gasteiger partial charge in [0.05, 0.1) is 0 Å². The molecule has 6 heteroatoms. The molecule has 0 radical (unpaired) electrons. The van der Waals surface area contributed by atoms with Crippen LogP contribution < -0.4 is 0 Å². The topological polar surface area (TPSA) is 73.1 Å². The molecule has 15 heavy (non-hydrogen) atoms. The summed E-state index contributed by atoms with van der Waals surface area (Å²) in [7, 11) is -3.43. The summed E-state index contributed by atoms with van der Waals surface area (Å²) in [5.41, 5.74) is 0.719. The van der Waals surface area contributed by atoms with Gasteiger partial charge in [0.2, 0.25) is 15.7 Å². The zero-order valence-electron chi connectivity index (χ0n) is 7.91. The third kappa shape index (κ3) is 2.04. The molecule has 78 valence electrons. The fourth-order valence-electron chi connectivity index (χ4n) is 1.06. The smallest absolute Gasteiger partial charge is 0.322 e. The van der Waals surface area contributed by atoms with Crippen molar-refractivity contribution in [3.05, 3.63) is 30.3 Å². The molecule has 0 aliphatic carbocycles. The number of rotatable bonds is 2. The van der Waals surface area contributed by atoms with Crippen molar-refractivity contribution in [2.24, 2.45) is 0 Å². The minimum atomic E-state index is -3.43. The van der Waals surface area contributed by atoms with Crippen molar-refractivity contribution < 1.29 is 12.9 Å². The fourth-order valence-corrected chi connectivity index (χ4v) is 1.49. The SMILES string of the molecule is CS(=O)(=O)c1nc(-c2ccccc2)no1. The lowest BCUT2D eigenvalue weighted by molar-refractivity contribution is 0.331. The van der Waals surface area contributed by atoms with Gasteiger partial charge in [-0.2, -0.15) is 4.98 Å². The maximum Gasteiger partial charge on any atom is 0.343 e. The van der Waals surface area contributed by atoms with E-state index in [0.717, 1.165) is 11.8 Å². The molecule has 5 nitrogen and oxygen atoms in total. The Kier molecular flexibility index (Phi) is 2.28. The van der Waals surface area contributed by atoms with Crippen LogP contribution in [0.4, 0.5) is 0 Å². The number of hydrogen-bond donors (Lipinski definition) is 0. The molecule has 0 amide bonds. The van der Waals surface area contributed by atoms with Crippen molar-refractivity contribution in [2.75, 3.05) is 6.26 Å². The molecule has 0 saturated carbocycles. The van der Waals surface area contributed by atoms with E-state index in [0.29, 0.717) is 0 Å². The lowest BCUT2D eigenvalue weighted by Crippen LogP contribution is -1.96.